The molecule has 2 aliphatic rings. The standard InChI is InChI=1S/C19H24N2O.ClH.H2O/c1-20-13-15(10-12-22)19-17(20)9-11-21-16(7-8-18(19)21)14-5-3-2-4-6-14;;/h2-6,13,16,18,22H,7-12H2,1H3;1H;1H2. The molecule has 1 aromatic carbocycles. The molecule has 24 heavy (non-hydrogen) atoms. The van der Waals surface area contributed by atoms with Crippen LogP contribution in [0.15, 0.2) is 36.5 Å². The van der Waals surface area contributed by atoms with Crippen molar-refractivity contribution >= 4 is 12.4 Å². The highest BCUT2D eigenvalue weighted by molar-refractivity contribution is 5.85. The van der Waals surface area contributed by atoms with Crippen LogP contribution in [0.3, 0.4) is 0 Å². The molecule has 0 saturated carbocycles. The summed E-state index contributed by atoms with van der Waals surface area (Å²) in [5.41, 5.74) is 5.80. The van der Waals surface area contributed by atoms with E-state index in [1.807, 2.05) is 0 Å². The van der Waals surface area contributed by atoms with E-state index in [0.717, 1.165) is 19.4 Å². The lowest BCUT2D eigenvalue weighted by Crippen LogP contribution is -2.33. The van der Waals surface area contributed by atoms with Crippen molar-refractivity contribution in [3.63, 3.8) is 0 Å². The third-order valence-corrected chi connectivity index (χ3v) is 5.45. The van der Waals surface area contributed by atoms with Crippen LogP contribution >= 0.6 is 12.4 Å². The number of benzene rings is 1. The first-order valence-corrected chi connectivity index (χ1v) is 8.38. The number of hydrogen-bond acceptors (Lipinski definition) is 2. The molecule has 2 unspecified atom stereocenters. The van der Waals surface area contributed by atoms with Crippen LogP contribution in [0.2, 0.25) is 0 Å². The van der Waals surface area contributed by atoms with Gasteiger partial charge in [-0.2, -0.15) is 0 Å². The molecule has 2 aliphatic heterocycles. The molecule has 4 rings (SSSR count). The van der Waals surface area contributed by atoms with Crippen LogP contribution in [-0.2, 0) is 19.9 Å². The van der Waals surface area contributed by atoms with Crippen molar-refractivity contribution in [2.45, 2.75) is 37.8 Å². The summed E-state index contributed by atoms with van der Waals surface area (Å²) in [5, 5.41) is 9.38. The third-order valence-electron chi connectivity index (χ3n) is 5.45. The average Bonchev–Trinajstić information content (AvgIpc) is 3.10. The first-order chi connectivity index (χ1) is 10.8. The Bertz CT molecular complexity index is 672. The first kappa shape index (κ1) is 19.0. The molecule has 0 amide bonds. The van der Waals surface area contributed by atoms with Crippen LogP contribution in [0, 0.1) is 0 Å². The molecule has 0 radical (unpaired) electrons. The van der Waals surface area contributed by atoms with Crippen LogP contribution < -0.4 is 0 Å². The van der Waals surface area contributed by atoms with Gasteiger partial charge >= 0.3 is 0 Å². The maximum absolute atomic E-state index is 9.38. The molecule has 0 bridgehead atoms. The SMILES string of the molecule is Cl.Cn1cc(CCO)c2c1CCN1C(c3ccccc3)CCC21.O. The van der Waals surface area contributed by atoms with Crippen LogP contribution in [-0.4, -0.2) is 33.2 Å². The fourth-order valence-electron chi connectivity index (χ4n) is 4.55. The Morgan fingerprint density at radius 3 is 2.54 bits per heavy atom. The quantitative estimate of drug-likeness (QED) is 0.924. The molecule has 1 fully saturated rings. The van der Waals surface area contributed by atoms with Gasteiger partial charge in [-0.1, -0.05) is 30.3 Å². The van der Waals surface area contributed by atoms with Gasteiger partial charge in [0, 0.05) is 50.6 Å². The molecule has 0 aliphatic carbocycles. The summed E-state index contributed by atoms with van der Waals surface area (Å²) in [6.45, 7) is 1.39. The smallest absolute Gasteiger partial charge is 0.0472 e. The molecule has 5 heteroatoms. The average molecular weight is 351 g/mol. The van der Waals surface area contributed by atoms with E-state index in [9.17, 15) is 5.11 Å². The van der Waals surface area contributed by atoms with Crippen LogP contribution in [0.4, 0.5) is 0 Å². The molecule has 4 nitrogen and oxygen atoms in total. The van der Waals surface area contributed by atoms with Gasteiger partial charge in [-0.25, -0.2) is 0 Å². The lowest BCUT2D eigenvalue weighted by Gasteiger charge is -2.35. The minimum atomic E-state index is 0. The lowest BCUT2D eigenvalue weighted by molar-refractivity contribution is 0.181. The number of hydrogen-bond donors (Lipinski definition) is 1. The number of nitrogens with zero attached hydrogens (tertiary/aromatic N) is 2. The topological polar surface area (TPSA) is 59.9 Å². The van der Waals surface area contributed by atoms with Crippen molar-refractivity contribution in [2.75, 3.05) is 13.2 Å². The van der Waals surface area contributed by atoms with Crippen LogP contribution in [0.25, 0.3) is 0 Å². The summed E-state index contributed by atoms with van der Waals surface area (Å²) in [5.74, 6) is 0. The first-order valence-electron chi connectivity index (χ1n) is 8.38. The number of halogens is 1. The van der Waals surface area contributed by atoms with E-state index in [0.29, 0.717) is 12.1 Å². The zero-order chi connectivity index (χ0) is 15.1. The Labute approximate surface area is 149 Å². The number of aliphatic hydroxyl groups excluding tert-OH is 1. The number of aliphatic hydroxyl groups is 1. The Hall–Kier alpha value is -1.33. The number of aryl methyl sites for hydroxylation is 1. The van der Waals surface area contributed by atoms with Crippen molar-refractivity contribution in [2.24, 2.45) is 7.05 Å². The van der Waals surface area contributed by atoms with E-state index < -0.39 is 0 Å². The van der Waals surface area contributed by atoms with Gasteiger partial charge in [0.05, 0.1) is 0 Å². The largest absolute Gasteiger partial charge is 0.412 e. The Balaban J connectivity index is 0.00000104. The van der Waals surface area contributed by atoms with E-state index in [2.05, 4.69) is 53.0 Å². The lowest BCUT2D eigenvalue weighted by atomic mass is 9.94. The summed E-state index contributed by atoms with van der Waals surface area (Å²) in [4.78, 5) is 2.69. The van der Waals surface area contributed by atoms with E-state index in [1.165, 1.54) is 35.2 Å². The maximum Gasteiger partial charge on any atom is 0.0472 e. The normalized spacial score (nSPS) is 22.2. The summed E-state index contributed by atoms with van der Waals surface area (Å²) in [6.07, 6.45) is 6.61. The molecule has 132 valence electrons. The Morgan fingerprint density at radius 2 is 1.83 bits per heavy atom. The molecule has 3 N–H and O–H groups in total. The van der Waals surface area contributed by atoms with E-state index in [1.54, 1.807) is 0 Å². The molecular formula is C19H27ClN2O2. The number of aromatic nitrogens is 1. The summed E-state index contributed by atoms with van der Waals surface area (Å²) >= 11 is 0. The van der Waals surface area contributed by atoms with Gasteiger partial charge in [-0.05, 0) is 36.0 Å². The predicted molar refractivity (Wildman–Crippen MR) is 98.6 cm³/mol. The van der Waals surface area contributed by atoms with E-state index in [-0.39, 0.29) is 24.5 Å². The zero-order valence-corrected chi connectivity index (χ0v) is 14.9. The molecule has 2 aromatic rings. The Kier molecular flexibility index (Phi) is 6.10. The minimum Gasteiger partial charge on any atom is -0.412 e. The van der Waals surface area contributed by atoms with Crippen molar-refractivity contribution < 1.29 is 10.6 Å². The Morgan fingerprint density at radius 1 is 1.12 bits per heavy atom. The summed E-state index contributed by atoms with van der Waals surface area (Å²) in [6, 6.07) is 12.0. The minimum absolute atomic E-state index is 0. The van der Waals surface area contributed by atoms with Crippen molar-refractivity contribution in [1.82, 2.24) is 9.47 Å². The van der Waals surface area contributed by atoms with Crippen molar-refractivity contribution in [3.05, 3.63) is 58.9 Å². The summed E-state index contributed by atoms with van der Waals surface area (Å²) < 4.78 is 2.29. The molecule has 1 saturated heterocycles. The fourth-order valence-corrected chi connectivity index (χ4v) is 4.55. The molecule has 0 spiro atoms. The third kappa shape index (κ3) is 3.00. The second-order valence-corrected chi connectivity index (χ2v) is 6.61. The van der Waals surface area contributed by atoms with Gasteiger partial charge < -0.3 is 15.1 Å². The maximum atomic E-state index is 9.38. The van der Waals surface area contributed by atoms with Gasteiger partial charge in [0.25, 0.3) is 0 Å². The van der Waals surface area contributed by atoms with Crippen LogP contribution in [0.1, 0.15) is 47.3 Å². The molecule has 1 aromatic heterocycles. The van der Waals surface area contributed by atoms with Gasteiger partial charge in [-0.3, -0.25) is 4.90 Å². The van der Waals surface area contributed by atoms with Gasteiger partial charge in [0.15, 0.2) is 0 Å². The highest BCUT2D eigenvalue weighted by atomic mass is 35.5. The van der Waals surface area contributed by atoms with Gasteiger partial charge in [-0.15, -0.1) is 12.4 Å². The molecule has 3 heterocycles. The number of rotatable bonds is 3. The zero-order valence-electron chi connectivity index (χ0n) is 14.1. The van der Waals surface area contributed by atoms with E-state index in [4.69, 9.17) is 0 Å². The van der Waals surface area contributed by atoms with Crippen molar-refractivity contribution in [1.29, 1.82) is 0 Å². The van der Waals surface area contributed by atoms with Gasteiger partial charge in [0.1, 0.15) is 0 Å². The monoisotopic (exact) mass is 350 g/mol. The fraction of sp³-hybridized carbons (Fsp3) is 0.474. The highest BCUT2D eigenvalue weighted by Gasteiger charge is 2.40. The van der Waals surface area contributed by atoms with Crippen molar-refractivity contribution in [3.8, 4) is 0 Å². The van der Waals surface area contributed by atoms with E-state index >= 15 is 0 Å². The van der Waals surface area contributed by atoms with Gasteiger partial charge in [0.2, 0.25) is 0 Å². The molecule has 2 atom stereocenters. The highest BCUT2D eigenvalue weighted by Crippen LogP contribution is 2.48. The predicted octanol–water partition coefficient (Wildman–Crippen LogP) is 2.59. The second kappa shape index (κ2) is 7.70. The van der Waals surface area contributed by atoms with Crippen LogP contribution in [0.5, 0.6) is 0 Å². The number of fused-ring (bicyclic) bond motifs is 3. The summed E-state index contributed by atoms with van der Waals surface area (Å²) in [7, 11) is 2.15. The second-order valence-electron chi connectivity index (χ2n) is 6.61. The molecular weight excluding hydrogens is 324 g/mol.